The average molecular weight is 155 g/mol. The summed E-state index contributed by atoms with van der Waals surface area (Å²) in [5.74, 6) is -0.299. The van der Waals surface area contributed by atoms with Crippen LogP contribution in [0.4, 0.5) is 0 Å². The topological polar surface area (TPSA) is 60.2 Å². The highest BCUT2D eigenvalue weighted by Gasteiger charge is 1.98. The van der Waals surface area contributed by atoms with Gasteiger partial charge in [0.15, 0.2) is 5.78 Å². The first-order valence-electron chi connectivity index (χ1n) is 3.60. The van der Waals surface area contributed by atoms with Crippen molar-refractivity contribution in [2.45, 2.75) is 26.2 Å². The molecule has 0 unspecified atom stereocenters. The van der Waals surface area contributed by atoms with E-state index in [2.05, 4.69) is 0 Å². The van der Waals surface area contributed by atoms with Gasteiger partial charge in [0.1, 0.15) is 0 Å². The van der Waals surface area contributed by atoms with Gasteiger partial charge in [0.05, 0.1) is 0 Å². The fraction of sp³-hybridized carbons (Fsp3) is 0.500. The van der Waals surface area contributed by atoms with E-state index >= 15 is 0 Å². The molecule has 0 radical (unpaired) electrons. The third-order valence-electron chi connectivity index (χ3n) is 1.20. The Labute approximate surface area is 66.3 Å². The van der Waals surface area contributed by atoms with Crippen LogP contribution in [0.1, 0.15) is 26.2 Å². The summed E-state index contributed by atoms with van der Waals surface area (Å²) >= 11 is 0. The molecule has 0 bridgehead atoms. The van der Waals surface area contributed by atoms with Gasteiger partial charge in [-0.2, -0.15) is 0 Å². The molecule has 0 aliphatic carbocycles. The third kappa shape index (κ3) is 6.77. The zero-order chi connectivity index (χ0) is 8.69. The molecule has 0 heterocycles. The van der Waals surface area contributed by atoms with Crippen molar-refractivity contribution in [3.8, 4) is 0 Å². The van der Waals surface area contributed by atoms with Crippen LogP contribution >= 0.6 is 0 Å². The van der Waals surface area contributed by atoms with Gasteiger partial charge >= 0.3 is 0 Å². The number of nitrogens with two attached hydrogens (primary N) is 1. The van der Waals surface area contributed by atoms with Crippen LogP contribution in [0.15, 0.2) is 12.2 Å². The minimum absolute atomic E-state index is 0.0498. The van der Waals surface area contributed by atoms with Gasteiger partial charge in [-0.15, -0.1) is 0 Å². The first kappa shape index (κ1) is 9.88. The zero-order valence-corrected chi connectivity index (χ0v) is 6.67. The van der Waals surface area contributed by atoms with Crippen molar-refractivity contribution < 1.29 is 9.59 Å². The van der Waals surface area contributed by atoms with E-state index < -0.39 is 0 Å². The fourth-order valence-electron chi connectivity index (χ4n) is 0.706. The van der Waals surface area contributed by atoms with Crippen LogP contribution in [0.25, 0.3) is 0 Å². The predicted molar refractivity (Wildman–Crippen MR) is 42.9 cm³/mol. The Hall–Kier alpha value is -1.12. The van der Waals surface area contributed by atoms with Crippen molar-refractivity contribution in [1.29, 1.82) is 0 Å². The minimum Gasteiger partial charge on any atom is -0.370 e. The molecule has 0 atom stereocenters. The van der Waals surface area contributed by atoms with Gasteiger partial charge in [-0.1, -0.05) is 6.08 Å². The largest absolute Gasteiger partial charge is 0.370 e. The Morgan fingerprint density at radius 3 is 2.45 bits per heavy atom. The Bertz CT molecular complexity index is 173. The van der Waals surface area contributed by atoms with Crippen LogP contribution in [0.3, 0.4) is 0 Å². The molecule has 0 saturated heterocycles. The van der Waals surface area contributed by atoms with Crippen LogP contribution in [0, 0.1) is 0 Å². The zero-order valence-electron chi connectivity index (χ0n) is 6.67. The third-order valence-corrected chi connectivity index (χ3v) is 1.20. The molecule has 0 spiro atoms. The van der Waals surface area contributed by atoms with E-state index in [9.17, 15) is 9.59 Å². The Balaban J connectivity index is 3.39. The quantitative estimate of drug-likeness (QED) is 0.596. The lowest BCUT2D eigenvalue weighted by Crippen LogP contribution is -2.10. The Kier molecular flexibility index (Phi) is 5.07. The second kappa shape index (κ2) is 5.65. The highest BCUT2D eigenvalue weighted by atomic mass is 16.1. The van der Waals surface area contributed by atoms with Crippen molar-refractivity contribution in [2.24, 2.45) is 5.73 Å². The number of carbonyl (C=O) groups excluding carboxylic acids is 2. The monoisotopic (exact) mass is 155 g/mol. The maximum absolute atomic E-state index is 10.8. The summed E-state index contributed by atoms with van der Waals surface area (Å²) in [6, 6.07) is 0. The van der Waals surface area contributed by atoms with Gasteiger partial charge in [-0.3, -0.25) is 9.59 Å². The number of allylic oxidation sites excluding steroid dienone is 2. The van der Waals surface area contributed by atoms with Crippen LogP contribution in [-0.4, -0.2) is 11.7 Å². The molecule has 0 aliphatic rings. The molecular formula is C8H13NO2. The maximum Gasteiger partial charge on any atom is 0.217 e. The summed E-state index contributed by atoms with van der Waals surface area (Å²) in [6.45, 7) is 1.78. The van der Waals surface area contributed by atoms with Crippen LogP contribution in [-0.2, 0) is 9.59 Å². The number of carbonyl (C=O) groups is 2. The van der Waals surface area contributed by atoms with Gasteiger partial charge in [-0.25, -0.2) is 0 Å². The molecule has 1 amide bonds. The summed E-state index contributed by atoms with van der Waals surface area (Å²) in [5.41, 5.74) is 4.88. The molecular weight excluding hydrogens is 142 g/mol. The predicted octanol–water partition coefficient (Wildman–Crippen LogP) is 0.787. The number of primary amides is 1. The molecule has 0 aliphatic heterocycles. The Morgan fingerprint density at radius 2 is 2.00 bits per heavy atom. The first-order valence-corrected chi connectivity index (χ1v) is 3.60. The van der Waals surface area contributed by atoms with Crippen molar-refractivity contribution in [1.82, 2.24) is 0 Å². The summed E-state index contributed by atoms with van der Waals surface area (Å²) in [5, 5.41) is 0. The second-order valence-electron chi connectivity index (χ2n) is 2.29. The highest BCUT2D eigenvalue weighted by Crippen LogP contribution is 1.96. The molecule has 3 nitrogen and oxygen atoms in total. The molecule has 2 N–H and O–H groups in total. The maximum atomic E-state index is 10.8. The van der Waals surface area contributed by atoms with E-state index in [1.165, 1.54) is 6.08 Å². The van der Waals surface area contributed by atoms with Gasteiger partial charge < -0.3 is 5.73 Å². The lowest BCUT2D eigenvalue weighted by Gasteiger charge is -1.92. The van der Waals surface area contributed by atoms with E-state index in [0.717, 1.165) is 0 Å². The summed E-state index contributed by atoms with van der Waals surface area (Å²) in [6.07, 6.45) is 4.45. The van der Waals surface area contributed by atoms with E-state index in [1.807, 2.05) is 0 Å². The van der Waals surface area contributed by atoms with E-state index in [4.69, 9.17) is 5.73 Å². The number of hydrogen-bond donors (Lipinski definition) is 1. The standard InChI is InChI=1S/C8H13NO2/c1-2-4-7(10)5-3-6-8(9)11/h2,4H,3,5-6H2,1H3,(H2,9,11). The SMILES string of the molecule is CC=CC(=O)CCCC(N)=O. The Morgan fingerprint density at radius 1 is 1.36 bits per heavy atom. The second-order valence-corrected chi connectivity index (χ2v) is 2.29. The van der Waals surface area contributed by atoms with E-state index in [1.54, 1.807) is 13.0 Å². The summed E-state index contributed by atoms with van der Waals surface area (Å²) < 4.78 is 0. The average Bonchev–Trinajstić information content (AvgIpc) is 1.87. The normalized spacial score (nSPS) is 10.3. The van der Waals surface area contributed by atoms with Gasteiger partial charge in [0.25, 0.3) is 0 Å². The summed E-state index contributed by atoms with van der Waals surface area (Å²) in [4.78, 5) is 21.0. The van der Waals surface area contributed by atoms with E-state index in [-0.39, 0.29) is 11.7 Å². The fourth-order valence-corrected chi connectivity index (χ4v) is 0.706. The molecule has 0 aromatic rings. The highest BCUT2D eigenvalue weighted by molar-refractivity contribution is 5.89. The molecule has 11 heavy (non-hydrogen) atoms. The number of rotatable bonds is 5. The molecule has 0 aromatic carbocycles. The number of amides is 1. The molecule has 0 aromatic heterocycles. The van der Waals surface area contributed by atoms with Gasteiger partial charge in [0, 0.05) is 12.8 Å². The molecule has 0 fully saturated rings. The van der Waals surface area contributed by atoms with Crippen molar-refractivity contribution >= 4 is 11.7 Å². The first-order chi connectivity index (χ1) is 5.16. The molecule has 62 valence electrons. The van der Waals surface area contributed by atoms with Crippen LogP contribution in [0.2, 0.25) is 0 Å². The minimum atomic E-state index is -0.349. The van der Waals surface area contributed by atoms with Gasteiger partial charge in [0.2, 0.25) is 5.91 Å². The lowest BCUT2D eigenvalue weighted by atomic mass is 10.1. The number of ketones is 1. The number of hydrogen-bond acceptors (Lipinski definition) is 2. The van der Waals surface area contributed by atoms with Crippen molar-refractivity contribution in [3.05, 3.63) is 12.2 Å². The van der Waals surface area contributed by atoms with E-state index in [0.29, 0.717) is 19.3 Å². The molecule has 0 rings (SSSR count). The molecule has 3 heteroatoms. The summed E-state index contributed by atoms with van der Waals surface area (Å²) in [7, 11) is 0. The molecule has 0 saturated carbocycles. The van der Waals surface area contributed by atoms with Gasteiger partial charge in [-0.05, 0) is 19.4 Å². The van der Waals surface area contributed by atoms with Crippen molar-refractivity contribution in [2.75, 3.05) is 0 Å². The van der Waals surface area contributed by atoms with Crippen LogP contribution < -0.4 is 5.73 Å². The van der Waals surface area contributed by atoms with Crippen molar-refractivity contribution in [3.63, 3.8) is 0 Å². The van der Waals surface area contributed by atoms with Crippen LogP contribution in [0.5, 0.6) is 0 Å². The lowest BCUT2D eigenvalue weighted by molar-refractivity contribution is -0.118. The smallest absolute Gasteiger partial charge is 0.217 e.